The van der Waals surface area contributed by atoms with Gasteiger partial charge in [-0.25, -0.2) is 14.8 Å². The first kappa shape index (κ1) is 17.9. The van der Waals surface area contributed by atoms with Gasteiger partial charge in [-0.3, -0.25) is 0 Å². The summed E-state index contributed by atoms with van der Waals surface area (Å²) in [6, 6.07) is 15.0. The van der Waals surface area contributed by atoms with Crippen LogP contribution in [0.15, 0.2) is 53.0 Å². The molecule has 3 aromatic rings. The molecular weight excluding hydrogens is 410 g/mol. The van der Waals surface area contributed by atoms with Gasteiger partial charge in [0.1, 0.15) is 6.61 Å². The minimum atomic E-state index is -0.511. The fraction of sp³-hybridized carbons (Fsp3) is 0.250. The first-order valence-electron chi connectivity index (χ1n) is 8.77. The molecule has 2 heterocycles. The van der Waals surface area contributed by atoms with E-state index in [2.05, 4.69) is 31.2 Å². The van der Waals surface area contributed by atoms with Crippen molar-refractivity contribution in [3.8, 4) is 0 Å². The molecule has 0 bridgehead atoms. The smallest absolute Gasteiger partial charge is 0.360 e. The fourth-order valence-electron chi connectivity index (χ4n) is 2.91. The van der Waals surface area contributed by atoms with E-state index in [1.54, 1.807) is 0 Å². The lowest BCUT2D eigenvalue weighted by Crippen LogP contribution is -2.19. The Kier molecular flexibility index (Phi) is 5.31. The molecule has 138 valence electrons. The first-order chi connectivity index (χ1) is 13.2. The number of hydrogen-bond donors (Lipinski definition) is 1. The molecule has 0 saturated carbocycles. The summed E-state index contributed by atoms with van der Waals surface area (Å²) in [6.07, 6.45) is 1.86. The number of anilines is 2. The Morgan fingerprint density at radius 2 is 1.89 bits per heavy atom. The molecule has 0 radical (unpaired) electrons. The van der Waals surface area contributed by atoms with Crippen LogP contribution in [0.1, 0.15) is 23.3 Å². The summed E-state index contributed by atoms with van der Waals surface area (Å²) in [7, 11) is 0. The third-order valence-corrected chi connectivity index (χ3v) is 4.82. The van der Waals surface area contributed by atoms with E-state index in [9.17, 15) is 4.79 Å². The second kappa shape index (κ2) is 8.02. The largest absolute Gasteiger partial charge is 0.458 e. The average Bonchev–Trinajstić information content (AvgIpc) is 3.21. The Hall–Kier alpha value is -2.51. The van der Waals surface area contributed by atoms with E-state index in [-0.39, 0.29) is 18.4 Å². The van der Waals surface area contributed by atoms with Gasteiger partial charge in [0.15, 0.2) is 11.5 Å². The van der Waals surface area contributed by atoms with Gasteiger partial charge in [-0.15, -0.1) is 0 Å². The molecule has 1 N–H and O–H groups in total. The van der Waals surface area contributed by atoms with Crippen molar-refractivity contribution >= 4 is 44.4 Å². The number of fused-ring (bicyclic) bond motifs is 1. The van der Waals surface area contributed by atoms with Gasteiger partial charge in [0.05, 0.1) is 17.1 Å². The molecule has 0 spiro atoms. The van der Waals surface area contributed by atoms with Crippen molar-refractivity contribution in [2.24, 2.45) is 0 Å². The zero-order valence-electron chi connectivity index (χ0n) is 14.5. The van der Waals surface area contributed by atoms with Crippen LogP contribution < -0.4 is 5.32 Å². The normalized spacial score (nSPS) is 16.4. The quantitative estimate of drug-likeness (QED) is 0.605. The highest BCUT2D eigenvalue weighted by atomic mass is 79.9. The number of hydrogen-bond acceptors (Lipinski definition) is 6. The molecule has 1 aliphatic rings. The maximum absolute atomic E-state index is 12.7. The number of nitrogens with zero attached hydrogens (tertiary/aromatic N) is 2. The van der Waals surface area contributed by atoms with Crippen molar-refractivity contribution in [3.05, 3.63) is 58.7 Å². The maximum atomic E-state index is 12.7. The van der Waals surface area contributed by atoms with Crippen LogP contribution >= 0.6 is 15.9 Å². The van der Waals surface area contributed by atoms with Crippen LogP contribution in [0.2, 0.25) is 0 Å². The Labute approximate surface area is 165 Å². The van der Waals surface area contributed by atoms with Crippen LogP contribution in [0.25, 0.3) is 11.0 Å². The zero-order valence-corrected chi connectivity index (χ0v) is 16.1. The highest BCUT2D eigenvalue weighted by Crippen LogP contribution is 2.23. The number of nitrogens with one attached hydrogen (secondary N) is 1. The lowest BCUT2D eigenvalue weighted by molar-refractivity contribution is 0.0157. The number of carbonyl (C=O) groups excluding carboxylic acids is 1. The second-order valence-corrected chi connectivity index (χ2v) is 7.19. The van der Waals surface area contributed by atoms with Crippen LogP contribution in [0, 0.1) is 0 Å². The van der Waals surface area contributed by atoms with Crippen molar-refractivity contribution in [2.45, 2.75) is 18.9 Å². The van der Waals surface area contributed by atoms with E-state index in [0.717, 1.165) is 23.0 Å². The minimum Gasteiger partial charge on any atom is -0.458 e. The molecule has 7 heteroatoms. The number of aromatic nitrogens is 2. The third-order valence-electron chi connectivity index (χ3n) is 4.30. The molecule has 0 aliphatic carbocycles. The van der Waals surface area contributed by atoms with Gasteiger partial charge in [0.2, 0.25) is 0 Å². The lowest BCUT2D eigenvalue weighted by Gasteiger charge is -2.13. The monoisotopic (exact) mass is 427 g/mol. The molecule has 1 aliphatic heterocycles. The van der Waals surface area contributed by atoms with Crippen LogP contribution in [0.5, 0.6) is 0 Å². The molecule has 27 heavy (non-hydrogen) atoms. The Morgan fingerprint density at radius 3 is 2.59 bits per heavy atom. The summed E-state index contributed by atoms with van der Waals surface area (Å²) < 4.78 is 11.9. The number of carbonyl (C=O) groups is 1. The Bertz CT molecular complexity index is 956. The molecule has 1 saturated heterocycles. The molecule has 6 nitrogen and oxygen atoms in total. The first-order valence-corrected chi connectivity index (χ1v) is 9.56. The molecule has 1 aromatic heterocycles. The van der Waals surface area contributed by atoms with Crippen molar-refractivity contribution in [1.82, 2.24) is 9.97 Å². The molecule has 0 amide bonds. The average molecular weight is 428 g/mol. The van der Waals surface area contributed by atoms with E-state index in [1.165, 1.54) is 0 Å². The molecule has 1 atom stereocenters. The van der Waals surface area contributed by atoms with E-state index in [0.29, 0.717) is 23.5 Å². The van der Waals surface area contributed by atoms with Crippen LogP contribution in [-0.2, 0) is 9.47 Å². The molecule has 4 rings (SSSR count). The van der Waals surface area contributed by atoms with Gasteiger partial charge < -0.3 is 14.8 Å². The fourth-order valence-corrected chi connectivity index (χ4v) is 3.18. The van der Waals surface area contributed by atoms with Gasteiger partial charge in [-0.05, 0) is 49.2 Å². The topological polar surface area (TPSA) is 73.3 Å². The highest BCUT2D eigenvalue weighted by molar-refractivity contribution is 9.10. The number of halogens is 1. The summed E-state index contributed by atoms with van der Waals surface area (Å²) >= 11 is 3.41. The van der Waals surface area contributed by atoms with Gasteiger partial charge in [-0.2, -0.15) is 0 Å². The van der Waals surface area contributed by atoms with E-state index >= 15 is 0 Å². The number of rotatable bonds is 5. The second-order valence-electron chi connectivity index (χ2n) is 6.27. The summed E-state index contributed by atoms with van der Waals surface area (Å²) in [6.45, 7) is 0.944. The number of benzene rings is 2. The molecule has 1 fully saturated rings. The van der Waals surface area contributed by atoms with Gasteiger partial charge >= 0.3 is 5.97 Å². The number of ether oxygens (including phenoxy) is 2. The van der Waals surface area contributed by atoms with Crippen LogP contribution in [0.4, 0.5) is 11.5 Å². The van der Waals surface area contributed by atoms with Crippen molar-refractivity contribution in [3.63, 3.8) is 0 Å². The Balaban J connectivity index is 1.63. The summed E-state index contributed by atoms with van der Waals surface area (Å²) in [5.74, 6) is -0.142. The summed E-state index contributed by atoms with van der Waals surface area (Å²) in [4.78, 5) is 21.7. The minimum absolute atomic E-state index is 0.0368. The van der Waals surface area contributed by atoms with Gasteiger partial charge in [0, 0.05) is 16.8 Å². The molecule has 2 aromatic carbocycles. The van der Waals surface area contributed by atoms with E-state index < -0.39 is 5.97 Å². The van der Waals surface area contributed by atoms with Gasteiger partial charge in [-0.1, -0.05) is 28.1 Å². The van der Waals surface area contributed by atoms with Crippen molar-refractivity contribution in [2.75, 3.05) is 18.5 Å². The third kappa shape index (κ3) is 4.26. The van der Waals surface area contributed by atoms with Gasteiger partial charge in [0.25, 0.3) is 0 Å². The SMILES string of the molecule is O=C(OC[C@H]1CCCO1)c1nc2ccccc2nc1Nc1ccc(Br)cc1. The number of para-hydroxylation sites is 2. The Morgan fingerprint density at radius 1 is 1.15 bits per heavy atom. The zero-order chi connectivity index (χ0) is 18.6. The number of esters is 1. The van der Waals surface area contributed by atoms with Crippen molar-refractivity contribution in [1.29, 1.82) is 0 Å². The van der Waals surface area contributed by atoms with Crippen LogP contribution in [-0.4, -0.2) is 35.3 Å². The van der Waals surface area contributed by atoms with Crippen molar-refractivity contribution < 1.29 is 14.3 Å². The molecular formula is C20H18BrN3O3. The predicted octanol–water partition coefficient (Wildman–Crippen LogP) is 4.47. The maximum Gasteiger partial charge on any atom is 0.360 e. The highest BCUT2D eigenvalue weighted by Gasteiger charge is 2.22. The summed E-state index contributed by atoms with van der Waals surface area (Å²) in [5, 5.41) is 3.17. The van der Waals surface area contributed by atoms with E-state index in [4.69, 9.17) is 9.47 Å². The predicted molar refractivity (Wildman–Crippen MR) is 106 cm³/mol. The van der Waals surface area contributed by atoms with E-state index in [1.807, 2.05) is 48.5 Å². The van der Waals surface area contributed by atoms with Crippen LogP contribution in [0.3, 0.4) is 0 Å². The molecule has 0 unspecified atom stereocenters. The summed E-state index contributed by atoms with van der Waals surface area (Å²) in [5.41, 5.74) is 2.31. The standard InChI is InChI=1S/C20H18BrN3O3/c21-13-7-9-14(10-8-13)22-19-18(20(25)27-12-15-4-3-11-26-15)23-16-5-1-2-6-17(16)24-19/h1-2,5-10,15H,3-4,11-12H2,(H,22,24)/t15-/m1/s1. The lowest BCUT2D eigenvalue weighted by atomic mass is 10.2.